The van der Waals surface area contributed by atoms with Crippen molar-refractivity contribution in [1.29, 1.82) is 0 Å². The van der Waals surface area contributed by atoms with E-state index in [9.17, 15) is 77.6 Å². The number of fused-ring (bicyclic) bond motifs is 4. The third-order valence-electron chi connectivity index (χ3n) is 25.8. The van der Waals surface area contributed by atoms with Gasteiger partial charge >= 0.3 is 5.97 Å². The summed E-state index contributed by atoms with van der Waals surface area (Å²) >= 11 is 0. The van der Waals surface area contributed by atoms with Gasteiger partial charge in [-0.3, -0.25) is 96.1 Å². The van der Waals surface area contributed by atoms with Crippen molar-refractivity contribution in [1.82, 2.24) is 99.9 Å². The Bertz CT molecular complexity index is 6510. The van der Waals surface area contributed by atoms with Crippen molar-refractivity contribution in [2.75, 3.05) is 38.0 Å². The first-order valence-electron chi connectivity index (χ1n) is 48.3. The van der Waals surface area contributed by atoms with Crippen molar-refractivity contribution in [3.8, 4) is 11.5 Å². The Kier molecular flexibility index (Phi) is 37.1. The van der Waals surface area contributed by atoms with Crippen LogP contribution in [0.5, 0.6) is 11.5 Å². The zero-order chi connectivity index (χ0) is 107. The quantitative estimate of drug-likeness (QED) is 0.0176. The number of aromatic hydroxyl groups is 2. The number of H-pyrrole nitrogens is 2. The molecule has 2 fully saturated rings. The molecule has 16 atom stereocenters. The molecule has 6 heterocycles. The number of ketones is 1. The zero-order valence-electron chi connectivity index (χ0n) is 81.1. The highest BCUT2D eigenvalue weighted by atomic mass is 16.4. The number of aromatic nitrogens is 2. The van der Waals surface area contributed by atoms with E-state index >= 15 is 33.6 Å². The number of Topliss-reactive ketones (excluding diaryl/α,β-unsaturated/α-hetero) is 1. The lowest BCUT2D eigenvalue weighted by Gasteiger charge is -2.30. The van der Waals surface area contributed by atoms with Gasteiger partial charge in [0.25, 0.3) is 5.91 Å². The first kappa shape index (κ1) is 108. The summed E-state index contributed by atoms with van der Waals surface area (Å²) in [5.41, 5.74) is 16.5. The number of hydrogen-bond donors (Lipinski definition) is 24. The molecule has 4 unspecified atom stereocenters. The number of aromatic amines is 2. The summed E-state index contributed by atoms with van der Waals surface area (Å²) in [5.74, 6) is -23.4. The average molecular weight is 2050 g/mol. The predicted molar refractivity (Wildman–Crippen MR) is 537 cm³/mol. The monoisotopic (exact) mass is 2040 g/mol. The molecule has 9 aromatic rings. The summed E-state index contributed by atoms with van der Waals surface area (Å²) in [6.45, 7) is 0.422. The second-order valence-corrected chi connectivity index (χ2v) is 36.9. The number of nitrogens with two attached hydrogens (primary N) is 2. The van der Waals surface area contributed by atoms with E-state index in [1.54, 1.807) is 140 Å². The molecule has 0 radical (unpaired) electrons. The SMILES string of the molecule is CC(=O)C1NC(=O)CNC(=O)[C@H](CC2CN=CN2)NC(=O)[C@H](CC2CNc3ccccc32)NC(=O)[C@H](CC(N)=O)NC(=O)CNC(=O)C[C@@H](C(=O)N[C@@H](Cc2c[nH]c3ccccc23)C(=O)N[C@@H](Cc2ccccc2)C(=O)N[C@@H](Cc2ccccc2)C(=O)N[C@@H](CC(N)=O)C(=O)N[C@@H](Cc2ccc(O)cc2)C(=O)N[C@@H](Cc2ccc(O)cc2)C(=O)N[C@@H](Cc2c[nH]c3ccccc23)C(=O)O)NC(=O)C2CCCN2C(=O)[C@H](C)NC1=O. The summed E-state index contributed by atoms with van der Waals surface area (Å²) in [6.07, 6.45) is -1.11. The van der Waals surface area contributed by atoms with Crippen LogP contribution in [-0.4, -0.2) is 278 Å². The van der Waals surface area contributed by atoms with Crippen molar-refractivity contribution in [3.63, 3.8) is 0 Å². The third kappa shape index (κ3) is 30.4. The van der Waals surface area contributed by atoms with Crippen LogP contribution in [0.1, 0.15) is 104 Å². The predicted octanol–water partition coefficient (Wildman–Crippen LogP) is -2.82. The number of carboxylic acid groups (broad SMARTS) is 1. The minimum Gasteiger partial charge on any atom is -0.508 e. The second-order valence-electron chi connectivity index (χ2n) is 36.9. The molecule has 13 rings (SSSR count). The first-order valence-corrected chi connectivity index (χ1v) is 48.3. The zero-order valence-corrected chi connectivity index (χ0v) is 81.1. The molecule has 2 saturated heterocycles. The fourth-order valence-corrected chi connectivity index (χ4v) is 18.1. The Morgan fingerprint density at radius 1 is 0.450 bits per heavy atom. The number of amides is 18. The molecule has 7 aromatic carbocycles. The molecule has 2 aromatic heterocycles. The molecular weight excluding hydrogens is 1930 g/mol. The summed E-state index contributed by atoms with van der Waals surface area (Å²) in [6, 6.07) is 22.8. The van der Waals surface area contributed by atoms with E-state index in [2.05, 4.69) is 105 Å². The largest absolute Gasteiger partial charge is 0.508 e. The molecule has 4 aliphatic heterocycles. The molecule has 0 aliphatic carbocycles. The number of rotatable bonds is 36. The lowest BCUT2D eigenvalue weighted by Crippen LogP contribution is -2.62. The topological polar surface area (TPSA) is 706 Å². The van der Waals surface area contributed by atoms with Gasteiger partial charge in [0.05, 0.1) is 45.2 Å². The Balaban J connectivity index is 0.782. The number of nitrogens with one attached hydrogen (secondary N) is 19. The van der Waals surface area contributed by atoms with Gasteiger partial charge in [0.1, 0.15) is 90.0 Å². The van der Waals surface area contributed by atoms with Crippen LogP contribution in [0.25, 0.3) is 21.8 Å². The normalized spacial score (nSPS) is 20.5. The third-order valence-corrected chi connectivity index (χ3v) is 25.8. The standard InChI is InChI=1S/C103H117N23O23/c1-54-102(147)126-35-15-26-83(126)100(145)123-81(46-86(132)110-51-87(133)114-79(44-84(104)130)97(142)119-77(41-61-48-108-70-24-13-10-21-67(61)70)96(141)121-78(43-63-50-106-53-112-63)90(135)111-52-88(134)125-89(55(2)127)101(146)113-54)99(144)120-76(40-60-47-107-69-23-12-9-20-66(60)69)95(140)117-72(36-56-16-5-3-6-17-56)91(136)115-73(37-57-18-7-4-8-19-57)93(138)122-80(45-85(105)131)98(143)118-74(38-58-27-31-64(128)32-28-58)92(137)116-75(39-59-29-33-65(129)34-30-59)94(139)124-82(103(148)149)42-62-49-109-71-25-14-11-22-68(62)71/h3-14,16-25,27-34,47,49,53-54,61,63,72-83,89,107-109,128-129H,15,26,35-46,48,50-52H2,1-2H3,(H2,104,130)(H2,105,131)(H,106,112)(H,110,132)(H,111,135)(H,113,146)(H,114,133)(H,115,136)(H,116,137)(H,117,140)(H,118,143)(H,119,142)(H,120,144)(H,121,141)(H,122,138)(H,123,145)(H,124,139)(H,125,134)(H,148,149)/t54-,61?,63?,72-,73-,74-,75-,76-,77-,78-,79-,80-,81-,82-,83?,89?/m0/s1. The highest BCUT2D eigenvalue weighted by Gasteiger charge is 2.44. The Morgan fingerprint density at radius 2 is 0.913 bits per heavy atom. The van der Waals surface area contributed by atoms with Gasteiger partial charge in [-0.1, -0.05) is 140 Å². The molecular formula is C103H117N23O23. The molecule has 149 heavy (non-hydrogen) atoms. The van der Waals surface area contributed by atoms with E-state index in [0.717, 1.165) is 17.4 Å². The summed E-state index contributed by atoms with van der Waals surface area (Å²) in [4.78, 5) is 302. The summed E-state index contributed by atoms with van der Waals surface area (Å²) in [5, 5.41) is 76.3. The van der Waals surface area contributed by atoms with Gasteiger partial charge in [0, 0.05) is 103 Å². The van der Waals surface area contributed by atoms with Crippen molar-refractivity contribution in [2.24, 2.45) is 16.5 Å². The molecule has 46 nitrogen and oxygen atoms in total. The molecule has 782 valence electrons. The number of phenolic OH excluding ortho intramolecular Hbond substituents is 2. The van der Waals surface area contributed by atoms with Crippen LogP contribution in [0.4, 0.5) is 5.69 Å². The molecule has 0 saturated carbocycles. The number of aliphatic imine (C=N–C) groups is 1. The van der Waals surface area contributed by atoms with E-state index in [-0.39, 0.29) is 76.1 Å². The Hall–Kier alpha value is -17.9. The van der Waals surface area contributed by atoms with Gasteiger partial charge in [-0.2, -0.15) is 0 Å². The fraction of sp³-hybridized carbons (Fsp3) is 0.350. The highest BCUT2D eigenvalue weighted by Crippen LogP contribution is 2.35. The average Bonchev–Trinajstić information content (AvgIpc) is 1.70. The smallest absolute Gasteiger partial charge is 0.326 e. The summed E-state index contributed by atoms with van der Waals surface area (Å²) in [7, 11) is 0. The van der Waals surface area contributed by atoms with Crippen molar-refractivity contribution in [2.45, 2.75) is 194 Å². The van der Waals surface area contributed by atoms with Gasteiger partial charge in [0.15, 0.2) is 11.8 Å². The molecule has 0 spiro atoms. The molecule has 46 heteroatoms. The van der Waals surface area contributed by atoms with E-state index in [1.807, 2.05) is 0 Å². The number of carboxylic acids is 1. The number of para-hydroxylation sites is 3. The van der Waals surface area contributed by atoms with Crippen LogP contribution < -0.4 is 102 Å². The van der Waals surface area contributed by atoms with Crippen LogP contribution >= 0.6 is 0 Å². The van der Waals surface area contributed by atoms with Crippen LogP contribution in [-0.2, 0) is 134 Å². The van der Waals surface area contributed by atoms with Crippen molar-refractivity contribution < 1.29 is 111 Å². The van der Waals surface area contributed by atoms with Crippen LogP contribution in [0.3, 0.4) is 0 Å². The maximum Gasteiger partial charge on any atom is 0.326 e. The molecule has 18 amide bonds. The number of primary amides is 2. The van der Waals surface area contributed by atoms with Gasteiger partial charge < -0.3 is 132 Å². The Morgan fingerprint density at radius 3 is 1.43 bits per heavy atom. The van der Waals surface area contributed by atoms with Gasteiger partial charge in [-0.05, 0) is 121 Å². The lowest BCUT2D eigenvalue weighted by molar-refractivity contribution is -0.143. The number of phenols is 2. The molecule has 0 bridgehead atoms. The summed E-state index contributed by atoms with van der Waals surface area (Å²) < 4.78 is 0. The van der Waals surface area contributed by atoms with E-state index in [1.165, 1.54) is 68.0 Å². The fourth-order valence-electron chi connectivity index (χ4n) is 18.1. The number of nitrogens with zero attached hydrogens (tertiary/aromatic N) is 2. The minimum absolute atomic E-state index is 0.112. The van der Waals surface area contributed by atoms with Crippen molar-refractivity contribution >= 4 is 152 Å². The van der Waals surface area contributed by atoms with Gasteiger partial charge in [0.2, 0.25) is 100 Å². The van der Waals surface area contributed by atoms with Crippen LogP contribution in [0, 0.1) is 0 Å². The van der Waals surface area contributed by atoms with Gasteiger partial charge in [-0.25, -0.2) is 4.79 Å². The van der Waals surface area contributed by atoms with Gasteiger partial charge in [-0.15, -0.1) is 0 Å². The number of carbonyl (C=O) groups is 20. The first-order chi connectivity index (χ1) is 71.4. The lowest BCUT2D eigenvalue weighted by atomic mass is 9.93. The van der Waals surface area contributed by atoms with Crippen LogP contribution in [0.2, 0.25) is 0 Å². The number of anilines is 1. The Labute approximate surface area is 852 Å². The maximum absolute atomic E-state index is 15.9. The number of benzene rings is 7. The molecule has 26 N–H and O–H groups in total. The molecule has 4 aliphatic rings. The van der Waals surface area contributed by atoms with E-state index in [4.69, 9.17) is 11.5 Å². The second kappa shape index (κ2) is 51.0. The highest BCUT2D eigenvalue weighted by molar-refractivity contribution is 6.09. The van der Waals surface area contributed by atoms with Crippen molar-refractivity contribution in [3.05, 3.63) is 233 Å². The minimum atomic E-state index is -2.12. The van der Waals surface area contributed by atoms with E-state index in [0.29, 0.717) is 60.9 Å². The number of carbonyl (C=O) groups excluding carboxylic acids is 19. The van der Waals surface area contributed by atoms with Crippen LogP contribution in [0.15, 0.2) is 199 Å². The maximum atomic E-state index is 15.9. The number of hydrogen-bond acceptors (Lipinski definition) is 25. The van der Waals surface area contributed by atoms with E-state index < -0.39 is 266 Å². The number of aliphatic carboxylic acids is 1.